The molecule has 0 bridgehead atoms. The molecule has 3 atom stereocenters. The van der Waals surface area contributed by atoms with Gasteiger partial charge in [-0.25, -0.2) is 13.6 Å². The SMILES string of the molecule is CC(C)[Si](O[C@@H]1CC[C@@H](c2cccc(F)c2F)[C@H](NC(=O)OC(C)(C)C)c2cccnc21)(C(C)C)C(C)C. The van der Waals surface area contributed by atoms with E-state index in [0.29, 0.717) is 29.5 Å². The van der Waals surface area contributed by atoms with Crippen LogP contribution in [0.25, 0.3) is 0 Å². The Morgan fingerprint density at radius 3 is 2.16 bits per heavy atom. The number of alkyl carbamates (subject to hydrolysis) is 1. The zero-order valence-electron chi connectivity index (χ0n) is 24.3. The highest BCUT2D eigenvalue weighted by Gasteiger charge is 2.48. The maximum atomic E-state index is 15.2. The van der Waals surface area contributed by atoms with Crippen LogP contribution in [0.15, 0.2) is 36.5 Å². The van der Waals surface area contributed by atoms with Crippen molar-refractivity contribution in [2.75, 3.05) is 0 Å². The minimum Gasteiger partial charge on any atom is -0.444 e. The third-order valence-electron chi connectivity index (χ3n) is 7.76. The number of nitrogens with one attached hydrogen (secondary N) is 1. The van der Waals surface area contributed by atoms with Gasteiger partial charge in [0.1, 0.15) is 5.60 Å². The fraction of sp³-hybridized carbons (Fsp3) is 0.600. The van der Waals surface area contributed by atoms with Crippen LogP contribution in [0, 0.1) is 11.6 Å². The normalized spacial score (nSPS) is 20.4. The van der Waals surface area contributed by atoms with Crippen molar-refractivity contribution in [2.45, 2.75) is 115 Å². The van der Waals surface area contributed by atoms with Crippen LogP contribution in [-0.2, 0) is 9.16 Å². The van der Waals surface area contributed by atoms with Gasteiger partial charge in [-0.3, -0.25) is 4.98 Å². The quantitative estimate of drug-likeness (QED) is 0.279. The van der Waals surface area contributed by atoms with Crippen molar-refractivity contribution < 1.29 is 22.7 Å². The molecule has 0 unspecified atom stereocenters. The number of carbonyl (C=O) groups excluding carboxylic acids is 1. The van der Waals surface area contributed by atoms with E-state index in [1.54, 1.807) is 33.0 Å². The molecule has 1 aliphatic rings. The zero-order chi connectivity index (χ0) is 28.4. The topological polar surface area (TPSA) is 60.5 Å². The summed E-state index contributed by atoms with van der Waals surface area (Å²) < 4.78 is 42.4. The van der Waals surface area contributed by atoms with Crippen molar-refractivity contribution in [3.05, 3.63) is 65.0 Å². The Morgan fingerprint density at radius 2 is 1.58 bits per heavy atom. The number of aromatic nitrogens is 1. The average Bonchev–Trinajstić information content (AvgIpc) is 2.94. The van der Waals surface area contributed by atoms with Gasteiger partial charge < -0.3 is 14.5 Å². The summed E-state index contributed by atoms with van der Waals surface area (Å²) in [5.74, 6) is -2.34. The Balaban J connectivity index is 2.16. The molecule has 0 spiro atoms. The number of amides is 1. The lowest BCUT2D eigenvalue weighted by Crippen LogP contribution is -2.48. The molecule has 0 saturated carbocycles. The Labute approximate surface area is 227 Å². The van der Waals surface area contributed by atoms with Crippen molar-refractivity contribution >= 4 is 14.4 Å². The molecule has 5 nitrogen and oxygen atoms in total. The third kappa shape index (κ3) is 6.28. The molecule has 38 heavy (non-hydrogen) atoms. The molecule has 1 amide bonds. The molecule has 8 heteroatoms. The lowest BCUT2D eigenvalue weighted by Gasteiger charge is -2.44. The van der Waals surface area contributed by atoms with Crippen molar-refractivity contribution in [1.29, 1.82) is 0 Å². The molecule has 210 valence electrons. The zero-order valence-corrected chi connectivity index (χ0v) is 25.3. The van der Waals surface area contributed by atoms with Gasteiger partial charge >= 0.3 is 6.09 Å². The van der Waals surface area contributed by atoms with E-state index in [9.17, 15) is 9.18 Å². The highest BCUT2D eigenvalue weighted by atomic mass is 28.4. The van der Waals surface area contributed by atoms with E-state index in [4.69, 9.17) is 14.1 Å². The minimum absolute atomic E-state index is 0.224. The lowest BCUT2D eigenvalue weighted by molar-refractivity contribution is 0.0494. The van der Waals surface area contributed by atoms with Crippen LogP contribution in [-0.4, -0.2) is 25.0 Å². The van der Waals surface area contributed by atoms with Gasteiger partial charge in [-0.05, 0) is 73.5 Å². The van der Waals surface area contributed by atoms with Crippen molar-refractivity contribution in [3.63, 3.8) is 0 Å². The van der Waals surface area contributed by atoms with Crippen LogP contribution in [0.3, 0.4) is 0 Å². The molecular weight excluding hydrogens is 502 g/mol. The second-order valence-corrected chi connectivity index (χ2v) is 17.8. The molecule has 0 radical (unpaired) electrons. The predicted molar refractivity (Wildman–Crippen MR) is 150 cm³/mol. The van der Waals surface area contributed by atoms with Crippen LogP contribution < -0.4 is 5.32 Å². The summed E-state index contributed by atoms with van der Waals surface area (Å²) in [6.07, 6.45) is 1.83. The molecule has 2 aromatic rings. The summed E-state index contributed by atoms with van der Waals surface area (Å²) in [6, 6.07) is 7.25. The molecule has 0 aliphatic heterocycles. The molecule has 1 heterocycles. The molecule has 1 N–H and O–H groups in total. The van der Waals surface area contributed by atoms with E-state index < -0.39 is 43.6 Å². The van der Waals surface area contributed by atoms with E-state index in [0.717, 1.165) is 17.3 Å². The number of carbonyl (C=O) groups is 1. The van der Waals surface area contributed by atoms with Gasteiger partial charge in [0.15, 0.2) is 11.6 Å². The standard InChI is InChI=1S/C30H44F2N2O3Si/c1-18(2)38(19(3)4,20(5)6)37-25-16-15-22(21-12-10-14-24(31)26(21)32)27(23-13-11-17-33-28(23)25)34-29(35)36-30(7,8)9/h10-14,17-20,22,25,27H,15-16H2,1-9H3,(H,34,35)/t22-,25+,27-/m0/s1. The molecule has 3 rings (SSSR count). The van der Waals surface area contributed by atoms with E-state index in [2.05, 4.69) is 46.9 Å². The number of halogens is 2. The fourth-order valence-electron chi connectivity index (χ4n) is 6.34. The molecular formula is C30H44F2N2O3Si. The number of hydrogen-bond donors (Lipinski definition) is 1. The van der Waals surface area contributed by atoms with Crippen LogP contribution in [0.1, 0.15) is 110 Å². The highest BCUT2D eigenvalue weighted by molar-refractivity contribution is 6.77. The summed E-state index contributed by atoms with van der Waals surface area (Å²) in [5, 5.41) is 2.98. The van der Waals surface area contributed by atoms with Crippen LogP contribution in [0.4, 0.5) is 13.6 Å². The van der Waals surface area contributed by atoms with Gasteiger partial charge in [0.2, 0.25) is 8.32 Å². The molecule has 1 aromatic carbocycles. The Kier molecular flexibility index (Phi) is 9.40. The predicted octanol–water partition coefficient (Wildman–Crippen LogP) is 8.74. The first kappa shape index (κ1) is 30.2. The Bertz CT molecular complexity index is 1100. The molecule has 1 aromatic heterocycles. The fourth-order valence-corrected chi connectivity index (χ4v) is 11.9. The minimum atomic E-state index is -2.30. The number of rotatable bonds is 7. The average molecular weight is 547 g/mol. The van der Waals surface area contributed by atoms with Gasteiger partial charge in [-0.15, -0.1) is 0 Å². The van der Waals surface area contributed by atoms with Crippen LogP contribution in [0.5, 0.6) is 0 Å². The number of nitrogens with zero attached hydrogens (tertiary/aromatic N) is 1. The summed E-state index contributed by atoms with van der Waals surface area (Å²) >= 11 is 0. The van der Waals surface area contributed by atoms with Gasteiger partial charge in [0.05, 0.1) is 17.8 Å². The van der Waals surface area contributed by atoms with Gasteiger partial charge in [-0.1, -0.05) is 59.7 Å². The molecule has 1 aliphatic carbocycles. The van der Waals surface area contributed by atoms with Gasteiger partial charge in [-0.2, -0.15) is 0 Å². The summed E-state index contributed by atoms with van der Waals surface area (Å²) in [7, 11) is -2.30. The van der Waals surface area contributed by atoms with Gasteiger partial charge in [0, 0.05) is 12.1 Å². The van der Waals surface area contributed by atoms with Crippen molar-refractivity contribution in [3.8, 4) is 0 Å². The number of pyridine rings is 1. The third-order valence-corrected chi connectivity index (χ3v) is 13.9. The first-order chi connectivity index (χ1) is 17.7. The number of hydrogen-bond acceptors (Lipinski definition) is 4. The van der Waals surface area contributed by atoms with E-state index in [1.807, 2.05) is 12.1 Å². The first-order valence-corrected chi connectivity index (χ1v) is 15.9. The summed E-state index contributed by atoms with van der Waals surface area (Å²) in [4.78, 5) is 17.8. The Hall–Kier alpha value is -2.32. The van der Waals surface area contributed by atoms with E-state index >= 15 is 4.39 Å². The maximum Gasteiger partial charge on any atom is 0.408 e. The second-order valence-electron chi connectivity index (χ2n) is 12.4. The highest BCUT2D eigenvalue weighted by Crippen LogP contribution is 2.50. The summed E-state index contributed by atoms with van der Waals surface area (Å²) in [5.41, 5.74) is 2.09. The summed E-state index contributed by atoms with van der Waals surface area (Å²) in [6.45, 7) is 18.8. The van der Waals surface area contributed by atoms with Gasteiger partial charge in [0.25, 0.3) is 0 Å². The van der Waals surface area contributed by atoms with E-state index in [1.165, 1.54) is 6.07 Å². The van der Waals surface area contributed by atoms with E-state index in [-0.39, 0.29) is 11.7 Å². The largest absolute Gasteiger partial charge is 0.444 e. The second kappa shape index (κ2) is 11.8. The number of ether oxygens (including phenoxy) is 1. The van der Waals surface area contributed by atoms with Crippen molar-refractivity contribution in [2.24, 2.45) is 0 Å². The molecule has 0 saturated heterocycles. The van der Waals surface area contributed by atoms with Crippen molar-refractivity contribution in [1.82, 2.24) is 10.3 Å². The van der Waals surface area contributed by atoms with Crippen LogP contribution >= 0.6 is 0 Å². The Morgan fingerprint density at radius 1 is 0.974 bits per heavy atom. The molecule has 0 fully saturated rings. The maximum absolute atomic E-state index is 15.2. The number of benzene rings is 1. The smallest absolute Gasteiger partial charge is 0.408 e. The number of fused-ring (bicyclic) bond motifs is 1. The lowest BCUT2D eigenvalue weighted by atomic mass is 9.85. The first-order valence-electron chi connectivity index (χ1n) is 13.7. The monoisotopic (exact) mass is 546 g/mol. The van der Waals surface area contributed by atoms with Crippen LogP contribution in [0.2, 0.25) is 16.6 Å².